The Labute approximate surface area is 170 Å². The van der Waals surface area contributed by atoms with Crippen LogP contribution in [-0.2, 0) is 16.0 Å². The molecular weight excluding hydrogens is 394 g/mol. The first-order chi connectivity index (χ1) is 14.0. The van der Waals surface area contributed by atoms with Crippen LogP contribution in [0.4, 0.5) is 0 Å². The zero-order chi connectivity index (χ0) is 22.1. The summed E-state index contributed by atoms with van der Waals surface area (Å²) in [6.45, 7) is 1.52. The summed E-state index contributed by atoms with van der Waals surface area (Å²) in [6, 6.07) is 2.77. The van der Waals surface area contributed by atoms with Gasteiger partial charge in [0.2, 0.25) is 5.78 Å². The van der Waals surface area contributed by atoms with Crippen LogP contribution < -0.4 is 5.73 Å². The average molecular weight is 415 g/mol. The number of aliphatic hydroxyl groups excluding tert-OH is 3. The molecule has 1 aromatic carbocycles. The number of hydrogen-bond acceptors (Lipinski definition) is 8. The second-order valence-corrected chi connectivity index (χ2v) is 8.11. The third-order valence-corrected chi connectivity index (χ3v) is 6.43. The fourth-order valence-corrected chi connectivity index (χ4v) is 5.03. The molecule has 3 aliphatic carbocycles. The highest BCUT2D eigenvalue weighted by atomic mass is 16.3. The normalized spacial score (nSPS) is 29.3. The van der Waals surface area contributed by atoms with E-state index in [1.54, 1.807) is 0 Å². The van der Waals surface area contributed by atoms with Gasteiger partial charge in [0.15, 0.2) is 11.4 Å². The molecule has 0 bridgehead atoms. The van der Waals surface area contributed by atoms with Crippen LogP contribution in [0.5, 0.6) is 5.75 Å². The third kappa shape index (κ3) is 2.45. The number of primary amides is 1. The highest BCUT2D eigenvalue weighted by Gasteiger charge is 2.59. The second kappa shape index (κ2) is 6.41. The number of hydrogen-bond donors (Lipinski definition) is 6. The van der Waals surface area contributed by atoms with Crippen molar-refractivity contribution < 1.29 is 39.9 Å². The van der Waals surface area contributed by atoms with E-state index in [2.05, 4.69) is 0 Å². The van der Waals surface area contributed by atoms with E-state index in [0.29, 0.717) is 11.1 Å². The van der Waals surface area contributed by atoms with Gasteiger partial charge in [-0.25, -0.2) is 0 Å². The first kappa shape index (κ1) is 20.1. The monoisotopic (exact) mass is 415 g/mol. The molecule has 30 heavy (non-hydrogen) atoms. The van der Waals surface area contributed by atoms with E-state index in [1.165, 1.54) is 19.1 Å². The summed E-state index contributed by atoms with van der Waals surface area (Å²) in [7, 11) is 0. The van der Waals surface area contributed by atoms with Crippen molar-refractivity contribution in [2.75, 3.05) is 0 Å². The van der Waals surface area contributed by atoms with E-state index in [-0.39, 0.29) is 36.1 Å². The molecule has 1 aromatic rings. The predicted molar refractivity (Wildman–Crippen MR) is 101 cm³/mol. The molecule has 0 saturated heterocycles. The van der Waals surface area contributed by atoms with Gasteiger partial charge in [-0.05, 0) is 42.9 Å². The lowest BCUT2D eigenvalue weighted by Crippen LogP contribution is -2.57. The van der Waals surface area contributed by atoms with Crippen LogP contribution in [0.3, 0.4) is 0 Å². The van der Waals surface area contributed by atoms with Crippen molar-refractivity contribution in [3.05, 3.63) is 51.5 Å². The van der Waals surface area contributed by atoms with E-state index < -0.39 is 58.1 Å². The molecule has 4 atom stereocenters. The molecule has 9 nitrogen and oxygen atoms in total. The first-order valence-corrected chi connectivity index (χ1v) is 9.50. The number of allylic oxidation sites excluding steroid dienone is 2. The van der Waals surface area contributed by atoms with Gasteiger partial charge in [0.25, 0.3) is 5.91 Å². The molecule has 0 radical (unpaired) electrons. The average Bonchev–Trinajstić information content (AvgIpc) is 2.64. The molecule has 0 saturated carbocycles. The molecule has 0 aromatic heterocycles. The summed E-state index contributed by atoms with van der Waals surface area (Å²) in [4.78, 5) is 37.7. The SMILES string of the molecule is CC(O)c1ccc(O)c2c1C[C@H]1C[C@H]3CC(O)=C(C(N)=O)C(=O)[C@@]3(O)C(O)=C1C2=O. The number of carbonyl (C=O) groups is 3. The fourth-order valence-electron chi connectivity index (χ4n) is 5.03. The van der Waals surface area contributed by atoms with E-state index >= 15 is 0 Å². The van der Waals surface area contributed by atoms with Crippen LogP contribution in [0.1, 0.15) is 47.4 Å². The van der Waals surface area contributed by atoms with Crippen LogP contribution in [-0.4, -0.2) is 48.6 Å². The lowest BCUT2D eigenvalue weighted by molar-refractivity contribution is -0.144. The van der Waals surface area contributed by atoms with Crippen molar-refractivity contribution in [2.24, 2.45) is 17.6 Å². The van der Waals surface area contributed by atoms with Gasteiger partial charge in [-0.3, -0.25) is 14.4 Å². The summed E-state index contributed by atoms with van der Waals surface area (Å²) in [5.41, 5.74) is 2.33. The van der Waals surface area contributed by atoms with Gasteiger partial charge in [-0.2, -0.15) is 0 Å². The molecule has 0 aliphatic heterocycles. The first-order valence-electron chi connectivity index (χ1n) is 9.50. The summed E-state index contributed by atoms with van der Waals surface area (Å²) in [5.74, 6) is -6.68. The van der Waals surface area contributed by atoms with Crippen molar-refractivity contribution in [3.63, 3.8) is 0 Å². The number of benzene rings is 1. The summed E-state index contributed by atoms with van der Waals surface area (Å²) >= 11 is 0. The number of rotatable bonds is 2. The standard InChI is InChI=1S/C21H21NO8/c1-7(23)10-2-3-12(24)15-11(10)5-8-4-9-6-13(25)16(20(22)29)19(28)21(9,30)18(27)14(8)17(15)26/h2-3,7-9,23-25,27,30H,4-6H2,1H3,(H2,22,29)/t7?,8-,9+,21+/m1/s1. The highest BCUT2D eigenvalue weighted by molar-refractivity contribution is 6.24. The molecule has 158 valence electrons. The van der Waals surface area contributed by atoms with Gasteiger partial charge in [-0.15, -0.1) is 0 Å². The van der Waals surface area contributed by atoms with Crippen molar-refractivity contribution in [2.45, 2.75) is 37.9 Å². The number of phenols is 1. The Balaban J connectivity index is 1.92. The Hall–Kier alpha value is -3.17. The summed E-state index contributed by atoms with van der Waals surface area (Å²) in [6.07, 6.45) is -0.965. The Morgan fingerprint density at radius 2 is 1.87 bits per heavy atom. The number of aromatic hydroxyl groups is 1. The smallest absolute Gasteiger partial charge is 0.255 e. The maximum absolute atomic E-state index is 13.2. The molecule has 7 N–H and O–H groups in total. The molecule has 0 fully saturated rings. The number of fused-ring (bicyclic) bond motifs is 3. The number of aliphatic hydroxyl groups is 4. The van der Waals surface area contributed by atoms with E-state index in [0.717, 1.165) is 0 Å². The zero-order valence-electron chi connectivity index (χ0n) is 16.0. The summed E-state index contributed by atoms with van der Waals surface area (Å²) < 4.78 is 0. The van der Waals surface area contributed by atoms with Crippen LogP contribution in [0.2, 0.25) is 0 Å². The van der Waals surface area contributed by atoms with Gasteiger partial charge < -0.3 is 31.3 Å². The van der Waals surface area contributed by atoms with Crippen LogP contribution in [0.15, 0.2) is 34.8 Å². The fraction of sp³-hybridized carbons (Fsp3) is 0.381. The Kier molecular flexibility index (Phi) is 4.30. The molecule has 1 amide bonds. The number of ketones is 2. The van der Waals surface area contributed by atoms with E-state index in [1.807, 2.05) is 0 Å². The van der Waals surface area contributed by atoms with E-state index in [4.69, 9.17) is 5.73 Å². The highest BCUT2D eigenvalue weighted by Crippen LogP contribution is 2.51. The minimum atomic E-state index is -2.58. The Bertz CT molecular complexity index is 1080. The number of amides is 1. The predicted octanol–water partition coefficient (Wildman–Crippen LogP) is 0.634. The maximum Gasteiger partial charge on any atom is 0.255 e. The largest absolute Gasteiger partial charge is 0.511 e. The minimum absolute atomic E-state index is 0.0534. The third-order valence-electron chi connectivity index (χ3n) is 6.43. The maximum atomic E-state index is 13.2. The van der Waals surface area contributed by atoms with Crippen molar-refractivity contribution >= 4 is 17.5 Å². The van der Waals surface area contributed by atoms with Gasteiger partial charge in [0, 0.05) is 17.9 Å². The molecule has 0 spiro atoms. The molecular formula is C21H21NO8. The van der Waals surface area contributed by atoms with Crippen LogP contribution >= 0.6 is 0 Å². The molecule has 0 heterocycles. The van der Waals surface area contributed by atoms with Crippen molar-refractivity contribution in [1.82, 2.24) is 0 Å². The number of Topliss-reactive ketones (excluding diaryl/α,β-unsaturated/α-hetero) is 2. The number of nitrogens with two attached hydrogens (primary N) is 1. The van der Waals surface area contributed by atoms with Gasteiger partial charge in [-0.1, -0.05) is 6.07 Å². The molecule has 1 unspecified atom stereocenters. The number of carbonyl (C=O) groups excluding carboxylic acids is 3. The van der Waals surface area contributed by atoms with Crippen molar-refractivity contribution in [1.29, 1.82) is 0 Å². The van der Waals surface area contributed by atoms with Gasteiger partial charge in [0.05, 0.1) is 11.7 Å². The van der Waals surface area contributed by atoms with Crippen LogP contribution in [0.25, 0.3) is 0 Å². The second-order valence-electron chi connectivity index (χ2n) is 8.11. The quantitative estimate of drug-likeness (QED) is 0.381. The lowest BCUT2D eigenvalue weighted by atomic mass is 9.60. The topological polar surface area (TPSA) is 178 Å². The molecule has 3 aliphatic rings. The number of phenolic OH excluding ortho intramolecular Hbond substituents is 1. The minimum Gasteiger partial charge on any atom is -0.511 e. The van der Waals surface area contributed by atoms with Gasteiger partial charge >= 0.3 is 0 Å². The lowest BCUT2D eigenvalue weighted by Gasteiger charge is -2.45. The molecule has 4 rings (SSSR count). The van der Waals surface area contributed by atoms with Crippen LogP contribution in [0, 0.1) is 11.8 Å². The van der Waals surface area contributed by atoms with E-state index in [9.17, 15) is 39.9 Å². The molecule has 9 heteroatoms. The Morgan fingerprint density at radius 1 is 1.20 bits per heavy atom. The van der Waals surface area contributed by atoms with Crippen molar-refractivity contribution in [3.8, 4) is 5.75 Å². The summed E-state index contributed by atoms with van der Waals surface area (Å²) in [5, 5.41) is 52.5. The Morgan fingerprint density at radius 3 is 2.47 bits per heavy atom. The van der Waals surface area contributed by atoms with Gasteiger partial charge in [0.1, 0.15) is 22.8 Å². The zero-order valence-corrected chi connectivity index (χ0v) is 16.0.